The lowest BCUT2D eigenvalue weighted by Crippen LogP contribution is -2.56. The van der Waals surface area contributed by atoms with Crippen molar-refractivity contribution in [3.05, 3.63) is 51.4 Å². The van der Waals surface area contributed by atoms with Crippen molar-refractivity contribution in [2.45, 2.75) is 62.6 Å². The van der Waals surface area contributed by atoms with Gasteiger partial charge in [-0.2, -0.15) is 4.98 Å². The smallest absolute Gasteiger partial charge is 0.271 e. The van der Waals surface area contributed by atoms with Gasteiger partial charge < -0.3 is 10.2 Å². The van der Waals surface area contributed by atoms with E-state index in [0.29, 0.717) is 22.4 Å². The molecule has 1 N–H and O–H groups in total. The molecule has 5 rings (SSSR count). The zero-order valence-electron chi connectivity index (χ0n) is 20.7. The predicted octanol–water partition coefficient (Wildman–Crippen LogP) is 5.06. The SMILES string of the molecule is Cc1cc(S(=O)C2CCC3(CC2)CN(C)C3)ccc1Nc1ncc2cc(Cl)c(=O)n(C(C)C)c2n1. The molecule has 2 aromatic heterocycles. The Kier molecular flexibility index (Phi) is 6.48. The number of nitrogens with zero attached hydrogens (tertiary/aromatic N) is 4. The first kappa shape index (κ1) is 24.4. The number of pyridine rings is 1. The van der Waals surface area contributed by atoms with Crippen LogP contribution < -0.4 is 10.9 Å². The van der Waals surface area contributed by atoms with Crippen molar-refractivity contribution in [2.24, 2.45) is 5.41 Å². The van der Waals surface area contributed by atoms with Gasteiger partial charge in [-0.05, 0) is 88.7 Å². The highest BCUT2D eigenvalue weighted by Gasteiger charge is 2.44. The number of rotatable bonds is 5. The number of nitrogens with one attached hydrogen (secondary N) is 1. The summed E-state index contributed by atoms with van der Waals surface area (Å²) in [6.45, 7) is 8.21. The largest absolute Gasteiger partial charge is 0.324 e. The van der Waals surface area contributed by atoms with Gasteiger partial charge in [0.1, 0.15) is 10.7 Å². The zero-order chi connectivity index (χ0) is 24.9. The molecule has 1 unspecified atom stereocenters. The van der Waals surface area contributed by atoms with Gasteiger partial charge in [0.2, 0.25) is 5.95 Å². The molecule has 1 aliphatic carbocycles. The minimum atomic E-state index is -1.01. The second kappa shape index (κ2) is 9.30. The number of fused-ring (bicyclic) bond motifs is 1. The molecule has 1 aliphatic heterocycles. The van der Waals surface area contributed by atoms with Gasteiger partial charge in [0.25, 0.3) is 5.56 Å². The summed E-state index contributed by atoms with van der Waals surface area (Å²) < 4.78 is 14.9. The first-order valence-corrected chi connectivity index (χ1v) is 13.8. The Hall–Kier alpha value is -2.29. The van der Waals surface area contributed by atoms with Crippen LogP contribution >= 0.6 is 11.6 Å². The maximum Gasteiger partial charge on any atom is 0.271 e. The quantitative estimate of drug-likeness (QED) is 0.513. The Morgan fingerprint density at radius 2 is 1.91 bits per heavy atom. The van der Waals surface area contributed by atoms with Crippen molar-refractivity contribution in [3.8, 4) is 0 Å². The normalized spacial score (nSPS) is 19.3. The molecule has 0 bridgehead atoms. The molecule has 2 fully saturated rings. The Bertz CT molecular complexity index is 1360. The van der Waals surface area contributed by atoms with Crippen LogP contribution in [0.4, 0.5) is 11.6 Å². The van der Waals surface area contributed by atoms with E-state index >= 15 is 0 Å². The lowest BCUT2D eigenvalue weighted by Gasteiger charge is -2.52. The molecule has 1 spiro atoms. The van der Waals surface area contributed by atoms with Crippen LogP contribution in [-0.2, 0) is 10.8 Å². The molecular weight excluding hydrogens is 482 g/mol. The fraction of sp³-hybridized carbons (Fsp3) is 0.500. The van der Waals surface area contributed by atoms with Crippen LogP contribution in [0.25, 0.3) is 11.0 Å². The van der Waals surface area contributed by atoms with Crippen LogP contribution in [0.3, 0.4) is 0 Å². The van der Waals surface area contributed by atoms with Crippen LogP contribution in [0.2, 0.25) is 5.02 Å². The minimum absolute atomic E-state index is 0.0951. The van der Waals surface area contributed by atoms with Crippen LogP contribution in [0.5, 0.6) is 0 Å². The fourth-order valence-corrected chi connectivity index (χ4v) is 7.43. The van der Waals surface area contributed by atoms with Crippen LogP contribution in [-0.4, -0.2) is 49.0 Å². The monoisotopic (exact) mass is 513 g/mol. The predicted molar refractivity (Wildman–Crippen MR) is 142 cm³/mol. The number of likely N-dealkylation sites (tertiary alicyclic amines) is 1. The van der Waals surface area contributed by atoms with Crippen LogP contribution in [0.1, 0.15) is 51.1 Å². The fourth-order valence-electron chi connectivity index (χ4n) is 5.67. The van der Waals surface area contributed by atoms with Crippen LogP contribution in [0.15, 0.2) is 40.2 Å². The van der Waals surface area contributed by atoms with Gasteiger partial charge in [-0.1, -0.05) is 11.6 Å². The van der Waals surface area contributed by atoms with Gasteiger partial charge >= 0.3 is 0 Å². The summed E-state index contributed by atoms with van der Waals surface area (Å²) in [6.07, 6.45) is 6.10. The Balaban J connectivity index is 1.34. The van der Waals surface area contributed by atoms with Gasteiger partial charge in [0.15, 0.2) is 0 Å². The third-order valence-corrected chi connectivity index (χ3v) is 9.50. The summed E-state index contributed by atoms with van der Waals surface area (Å²) in [7, 11) is 1.17. The standard InChI is InChI=1S/C26H32ClN5O2S/c1-16(2)32-23-18(12-21(27)24(32)33)13-28-25(30-23)29-22-6-5-20(11-17(22)3)35(34)19-7-9-26(10-8-19)14-31(4)15-26/h5-6,11-13,16,19H,7-10,14-15H2,1-4H3,(H,28,29,30). The Labute approximate surface area is 213 Å². The summed E-state index contributed by atoms with van der Waals surface area (Å²) in [5, 5.41) is 4.36. The number of benzene rings is 1. The van der Waals surface area contributed by atoms with Gasteiger partial charge in [-0.25, -0.2) is 4.98 Å². The molecule has 1 saturated carbocycles. The van der Waals surface area contributed by atoms with Crippen molar-refractivity contribution in [1.82, 2.24) is 19.4 Å². The lowest BCUT2D eigenvalue weighted by atomic mass is 9.69. The van der Waals surface area contributed by atoms with E-state index in [1.54, 1.807) is 16.8 Å². The lowest BCUT2D eigenvalue weighted by molar-refractivity contribution is -0.00838. The molecule has 1 atom stereocenters. The van der Waals surface area contributed by atoms with E-state index < -0.39 is 10.8 Å². The molecule has 186 valence electrons. The zero-order valence-corrected chi connectivity index (χ0v) is 22.2. The third-order valence-electron chi connectivity index (χ3n) is 7.43. The van der Waals surface area contributed by atoms with Gasteiger partial charge in [0.05, 0.1) is 10.8 Å². The van der Waals surface area contributed by atoms with E-state index in [1.807, 2.05) is 39.0 Å². The average molecular weight is 514 g/mol. The van der Waals surface area contributed by atoms with Gasteiger partial charge in [-0.15, -0.1) is 0 Å². The number of halogens is 1. The maximum absolute atomic E-state index is 13.3. The molecule has 2 aliphatic rings. The molecule has 9 heteroatoms. The van der Waals surface area contributed by atoms with E-state index in [9.17, 15) is 9.00 Å². The summed E-state index contributed by atoms with van der Waals surface area (Å²) in [6, 6.07) is 7.40. The molecule has 1 aromatic carbocycles. The van der Waals surface area contributed by atoms with E-state index in [2.05, 4.69) is 27.2 Å². The van der Waals surface area contributed by atoms with E-state index in [0.717, 1.165) is 29.0 Å². The first-order valence-electron chi connectivity index (χ1n) is 12.2. The summed E-state index contributed by atoms with van der Waals surface area (Å²) >= 11 is 6.12. The van der Waals surface area contributed by atoms with Crippen molar-refractivity contribution in [3.63, 3.8) is 0 Å². The molecule has 1 saturated heterocycles. The Morgan fingerprint density at radius 1 is 1.20 bits per heavy atom. The highest BCUT2D eigenvalue weighted by Crippen LogP contribution is 2.44. The molecule has 0 amide bonds. The topological polar surface area (TPSA) is 80.1 Å². The van der Waals surface area contributed by atoms with E-state index in [4.69, 9.17) is 11.6 Å². The van der Waals surface area contributed by atoms with Crippen molar-refractivity contribution in [2.75, 3.05) is 25.5 Å². The molecule has 3 heterocycles. The summed E-state index contributed by atoms with van der Waals surface area (Å²) in [5.74, 6) is 0.397. The molecule has 0 radical (unpaired) electrons. The van der Waals surface area contributed by atoms with Crippen molar-refractivity contribution >= 4 is 45.1 Å². The summed E-state index contributed by atoms with van der Waals surface area (Å²) in [4.78, 5) is 24.9. The second-order valence-corrected chi connectivity index (χ2v) is 12.6. The molecule has 7 nitrogen and oxygen atoms in total. The van der Waals surface area contributed by atoms with Crippen molar-refractivity contribution < 1.29 is 4.21 Å². The maximum atomic E-state index is 13.3. The van der Waals surface area contributed by atoms with Crippen molar-refractivity contribution in [1.29, 1.82) is 0 Å². The minimum Gasteiger partial charge on any atom is -0.324 e. The number of aryl methyl sites for hydroxylation is 1. The first-order chi connectivity index (χ1) is 16.7. The highest BCUT2D eigenvalue weighted by molar-refractivity contribution is 7.85. The molecular formula is C26H32ClN5O2S. The average Bonchev–Trinajstić information content (AvgIpc) is 2.80. The number of hydrogen-bond acceptors (Lipinski definition) is 6. The third kappa shape index (κ3) is 4.63. The van der Waals surface area contributed by atoms with Crippen LogP contribution in [0, 0.1) is 12.3 Å². The molecule has 35 heavy (non-hydrogen) atoms. The number of aromatic nitrogens is 3. The van der Waals surface area contributed by atoms with Gasteiger partial charge in [0, 0.05) is 46.5 Å². The number of hydrogen-bond donors (Lipinski definition) is 1. The second-order valence-electron chi connectivity index (χ2n) is 10.5. The number of anilines is 2. The summed E-state index contributed by atoms with van der Waals surface area (Å²) in [5.41, 5.74) is 2.57. The van der Waals surface area contributed by atoms with E-state index in [1.165, 1.54) is 25.9 Å². The van der Waals surface area contributed by atoms with E-state index in [-0.39, 0.29) is 21.9 Å². The molecule has 3 aromatic rings. The highest BCUT2D eigenvalue weighted by atomic mass is 35.5. The Morgan fingerprint density at radius 3 is 2.54 bits per heavy atom. The van der Waals surface area contributed by atoms with Gasteiger partial charge in [-0.3, -0.25) is 13.6 Å².